The maximum Gasteiger partial charge on any atom is 0.271 e. The molecule has 4 nitrogen and oxygen atoms in total. The van der Waals surface area contributed by atoms with E-state index in [2.05, 4.69) is 17.2 Å². The fraction of sp³-hybridized carbons (Fsp3) is 0.400. The summed E-state index contributed by atoms with van der Waals surface area (Å²) in [5, 5.41) is 3.04. The second-order valence-electron chi connectivity index (χ2n) is 3.18. The van der Waals surface area contributed by atoms with Crippen LogP contribution in [0.25, 0.3) is 0 Å². The Morgan fingerprint density at radius 3 is 3.00 bits per heavy atom. The van der Waals surface area contributed by atoms with Crippen molar-refractivity contribution >= 4 is 23.3 Å². The van der Waals surface area contributed by atoms with Gasteiger partial charge in [-0.15, -0.1) is 0 Å². The molecular weight excluding hydrogens is 214 g/mol. The number of aromatic nitrogens is 1. The monoisotopic (exact) mass is 227 g/mol. The minimum atomic E-state index is -0.277. The third kappa shape index (κ3) is 3.40. The number of halogens is 1. The lowest BCUT2D eigenvalue weighted by molar-refractivity contribution is 0.0948. The molecule has 5 heteroatoms. The highest BCUT2D eigenvalue weighted by molar-refractivity contribution is 6.33. The second kappa shape index (κ2) is 5.56. The van der Waals surface area contributed by atoms with E-state index in [9.17, 15) is 4.79 Å². The third-order valence-corrected chi connectivity index (χ3v) is 2.20. The molecule has 15 heavy (non-hydrogen) atoms. The summed E-state index contributed by atoms with van der Waals surface area (Å²) >= 11 is 5.82. The molecular formula is C10H14ClN3O. The quantitative estimate of drug-likeness (QED) is 0.772. The Balaban J connectivity index is 2.68. The van der Waals surface area contributed by atoms with E-state index in [0.29, 0.717) is 17.4 Å². The molecule has 0 aliphatic heterocycles. The summed E-state index contributed by atoms with van der Waals surface area (Å²) in [5.41, 5.74) is 5.66. The van der Waals surface area contributed by atoms with Gasteiger partial charge < -0.3 is 11.1 Å². The van der Waals surface area contributed by atoms with Crippen molar-refractivity contribution in [3.8, 4) is 0 Å². The van der Waals surface area contributed by atoms with Crippen LogP contribution in [0.4, 0.5) is 5.82 Å². The number of pyridine rings is 1. The van der Waals surface area contributed by atoms with E-state index in [4.69, 9.17) is 17.3 Å². The molecule has 0 aromatic carbocycles. The highest BCUT2D eigenvalue weighted by Gasteiger charge is 2.11. The minimum Gasteiger partial charge on any atom is -0.384 e. The van der Waals surface area contributed by atoms with Gasteiger partial charge in [-0.1, -0.05) is 24.9 Å². The summed E-state index contributed by atoms with van der Waals surface area (Å²) in [6.45, 7) is 2.68. The average molecular weight is 228 g/mol. The molecule has 0 aliphatic carbocycles. The molecule has 0 spiro atoms. The van der Waals surface area contributed by atoms with Crippen molar-refractivity contribution in [3.63, 3.8) is 0 Å². The molecule has 0 saturated heterocycles. The summed E-state index contributed by atoms with van der Waals surface area (Å²) < 4.78 is 0. The number of hydrogen-bond donors (Lipinski definition) is 2. The molecule has 0 aliphatic rings. The summed E-state index contributed by atoms with van der Waals surface area (Å²) in [4.78, 5) is 15.5. The van der Waals surface area contributed by atoms with Gasteiger partial charge in [-0.25, -0.2) is 4.98 Å². The van der Waals surface area contributed by atoms with Crippen LogP contribution in [0, 0.1) is 0 Å². The third-order valence-electron chi connectivity index (χ3n) is 1.90. The van der Waals surface area contributed by atoms with Crippen molar-refractivity contribution in [2.75, 3.05) is 12.3 Å². The highest BCUT2D eigenvalue weighted by Crippen LogP contribution is 2.14. The van der Waals surface area contributed by atoms with Crippen LogP contribution in [-0.2, 0) is 0 Å². The Hall–Kier alpha value is -1.29. The number of carbonyl (C=O) groups excluding carboxylic acids is 1. The van der Waals surface area contributed by atoms with E-state index >= 15 is 0 Å². The molecule has 1 rings (SSSR count). The average Bonchev–Trinajstić information content (AvgIpc) is 2.22. The van der Waals surface area contributed by atoms with Crippen molar-refractivity contribution in [2.24, 2.45) is 0 Å². The van der Waals surface area contributed by atoms with Crippen LogP contribution in [0.3, 0.4) is 0 Å². The van der Waals surface area contributed by atoms with Crippen molar-refractivity contribution < 1.29 is 4.79 Å². The zero-order valence-electron chi connectivity index (χ0n) is 8.59. The predicted molar refractivity (Wildman–Crippen MR) is 60.9 cm³/mol. The van der Waals surface area contributed by atoms with Crippen molar-refractivity contribution in [1.82, 2.24) is 10.3 Å². The summed E-state index contributed by atoms with van der Waals surface area (Å²) in [6, 6.07) is 3.13. The first-order valence-corrected chi connectivity index (χ1v) is 5.23. The summed E-state index contributed by atoms with van der Waals surface area (Å²) in [5.74, 6) is 0.0146. The first kappa shape index (κ1) is 11.8. The highest BCUT2D eigenvalue weighted by atomic mass is 35.5. The fourth-order valence-electron chi connectivity index (χ4n) is 1.08. The number of rotatable bonds is 4. The molecule has 1 amide bonds. The SMILES string of the molecule is CCCCNC(=O)c1nc(N)ccc1Cl. The summed E-state index contributed by atoms with van der Waals surface area (Å²) in [7, 11) is 0. The molecule has 0 bridgehead atoms. The van der Waals surface area contributed by atoms with Crippen LogP contribution in [0.1, 0.15) is 30.3 Å². The normalized spacial score (nSPS) is 10.0. The number of hydrogen-bond acceptors (Lipinski definition) is 3. The van der Waals surface area contributed by atoms with Gasteiger partial charge >= 0.3 is 0 Å². The van der Waals surface area contributed by atoms with Gasteiger partial charge in [0.1, 0.15) is 11.5 Å². The van der Waals surface area contributed by atoms with Crippen molar-refractivity contribution in [3.05, 3.63) is 22.8 Å². The molecule has 1 aromatic rings. The van der Waals surface area contributed by atoms with E-state index in [1.807, 2.05) is 0 Å². The molecule has 3 N–H and O–H groups in total. The fourth-order valence-corrected chi connectivity index (χ4v) is 1.27. The molecule has 0 atom stereocenters. The zero-order valence-corrected chi connectivity index (χ0v) is 9.34. The number of carbonyl (C=O) groups is 1. The van der Waals surface area contributed by atoms with Gasteiger partial charge in [0.05, 0.1) is 5.02 Å². The van der Waals surface area contributed by atoms with Gasteiger partial charge in [-0.05, 0) is 18.6 Å². The van der Waals surface area contributed by atoms with E-state index < -0.39 is 0 Å². The number of anilines is 1. The van der Waals surface area contributed by atoms with Crippen LogP contribution in [0.2, 0.25) is 5.02 Å². The predicted octanol–water partition coefficient (Wildman–Crippen LogP) is 1.85. The Kier molecular flexibility index (Phi) is 4.37. The van der Waals surface area contributed by atoms with Crippen LogP contribution in [0.5, 0.6) is 0 Å². The van der Waals surface area contributed by atoms with Crippen LogP contribution in [-0.4, -0.2) is 17.4 Å². The summed E-state index contributed by atoms with van der Waals surface area (Å²) in [6.07, 6.45) is 1.96. The van der Waals surface area contributed by atoms with Crippen LogP contribution in [0.15, 0.2) is 12.1 Å². The Bertz CT molecular complexity index is 355. The lowest BCUT2D eigenvalue weighted by atomic mass is 10.3. The van der Waals surface area contributed by atoms with Gasteiger partial charge in [0, 0.05) is 6.54 Å². The van der Waals surface area contributed by atoms with Gasteiger partial charge in [0.15, 0.2) is 0 Å². The first-order chi connectivity index (χ1) is 7.15. The van der Waals surface area contributed by atoms with Gasteiger partial charge in [-0.3, -0.25) is 4.79 Å². The maximum atomic E-state index is 11.6. The number of nitrogens with one attached hydrogen (secondary N) is 1. The number of nitrogens with zero attached hydrogens (tertiary/aromatic N) is 1. The molecule has 1 aromatic heterocycles. The van der Waals surface area contributed by atoms with Crippen LogP contribution < -0.4 is 11.1 Å². The van der Waals surface area contributed by atoms with Crippen LogP contribution >= 0.6 is 11.6 Å². The Morgan fingerprint density at radius 2 is 2.33 bits per heavy atom. The number of unbranched alkanes of at least 4 members (excludes halogenated alkanes) is 1. The second-order valence-corrected chi connectivity index (χ2v) is 3.58. The molecule has 0 unspecified atom stereocenters. The number of amides is 1. The van der Waals surface area contributed by atoms with Gasteiger partial charge in [0.2, 0.25) is 0 Å². The zero-order chi connectivity index (χ0) is 11.3. The Morgan fingerprint density at radius 1 is 1.60 bits per heavy atom. The maximum absolute atomic E-state index is 11.6. The largest absolute Gasteiger partial charge is 0.384 e. The minimum absolute atomic E-state index is 0.188. The molecule has 0 fully saturated rings. The van der Waals surface area contributed by atoms with E-state index in [1.165, 1.54) is 0 Å². The van der Waals surface area contributed by atoms with E-state index in [1.54, 1.807) is 12.1 Å². The first-order valence-electron chi connectivity index (χ1n) is 4.85. The molecule has 0 radical (unpaired) electrons. The van der Waals surface area contributed by atoms with E-state index in [0.717, 1.165) is 12.8 Å². The lowest BCUT2D eigenvalue weighted by Gasteiger charge is -2.05. The molecule has 82 valence electrons. The lowest BCUT2D eigenvalue weighted by Crippen LogP contribution is -2.25. The Labute approximate surface area is 93.8 Å². The van der Waals surface area contributed by atoms with Crippen molar-refractivity contribution in [1.29, 1.82) is 0 Å². The van der Waals surface area contributed by atoms with E-state index in [-0.39, 0.29) is 11.6 Å². The van der Waals surface area contributed by atoms with Gasteiger partial charge in [0.25, 0.3) is 5.91 Å². The molecule has 0 saturated carbocycles. The number of nitrogen functional groups attached to an aromatic ring is 1. The van der Waals surface area contributed by atoms with Gasteiger partial charge in [-0.2, -0.15) is 0 Å². The number of nitrogens with two attached hydrogens (primary N) is 1. The standard InChI is InChI=1S/C10H14ClN3O/c1-2-3-6-13-10(15)9-7(11)4-5-8(12)14-9/h4-5H,2-3,6H2,1H3,(H2,12,14)(H,13,15). The smallest absolute Gasteiger partial charge is 0.271 e. The topological polar surface area (TPSA) is 68.0 Å². The molecule has 1 heterocycles. The van der Waals surface area contributed by atoms with Crippen molar-refractivity contribution in [2.45, 2.75) is 19.8 Å².